The SMILES string of the molecule is N#Cc1ccc(O[C@H]2CCCNC2)c(Cl)c1. The number of nitrogens with one attached hydrogen (secondary N) is 1. The molecule has 0 radical (unpaired) electrons. The first-order valence-corrected chi connectivity index (χ1v) is 5.74. The molecule has 2 rings (SSSR count). The molecule has 1 saturated heterocycles. The molecule has 0 unspecified atom stereocenters. The van der Waals surface area contributed by atoms with Gasteiger partial charge in [-0.05, 0) is 37.6 Å². The van der Waals surface area contributed by atoms with Crippen molar-refractivity contribution in [3.05, 3.63) is 28.8 Å². The van der Waals surface area contributed by atoms with Gasteiger partial charge in [0.2, 0.25) is 0 Å². The van der Waals surface area contributed by atoms with Gasteiger partial charge in [0.15, 0.2) is 0 Å². The summed E-state index contributed by atoms with van der Waals surface area (Å²) in [6.45, 7) is 1.91. The number of hydrogen-bond acceptors (Lipinski definition) is 3. The van der Waals surface area contributed by atoms with Gasteiger partial charge in [-0.15, -0.1) is 0 Å². The van der Waals surface area contributed by atoms with Gasteiger partial charge in [0.05, 0.1) is 16.7 Å². The Bertz CT molecular complexity index is 408. The fraction of sp³-hybridized carbons (Fsp3) is 0.417. The van der Waals surface area contributed by atoms with Gasteiger partial charge in [0.25, 0.3) is 0 Å². The Morgan fingerprint density at radius 2 is 2.38 bits per heavy atom. The van der Waals surface area contributed by atoms with E-state index >= 15 is 0 Å². The molecule has 1 atom stereocenters. The van der Waals surface area contributed by atoms with Crippen molar-refractivity contribution in [2.45, 2.75) is 18.9 Å². The molecule has 1 aromatic rings. The second-order valence-corrected chi connectivity index (χ2v) is 4.25. The van der Waals surface area contributed by atoms with Crippen LogP contribution in [0.4, 0.5) is 0 Å². The fourth-order valence-electron chi connectivity index (χ4n) is 1.77. The summed E-state index contributed by atoms with van der Waals surface area (Å²) in [5.41, 5.74) is 0.555. The Balaban J connectivity index is 2.06. The van der Waals surface area contributed by atoms with Gasteiger partial charge < -0.3 is 10.1 Å². The molecule has 1 heterocycles. The van der Waals surface area contributed by atoms with Crippen molar-refractivity contribution < 1.29 is 4.74 Å². The molecule has 0 bridgehead atoms. The molecule has 16 heavy (non-hydrogen) atoms. The lowest BCUT2D eigenvalue weighted by Crippen LogP contribution is -2.37. The van der Waals surface area contributed by atoms with Crippen LogP contribution in [0.15, 0.2) is 18.2 Å². The van der Waals surface area contributed by atoms with Crippen molar-refractivity contribution in [2.75, 3.05) is 13.1 Å². The van der Waals surface area contributed by atoms with Gasteiger partial charge in [-0.25, -0.2) is 0 Å². The maximum absolute atomic E-state index is 8.71. The van der Waals surface area contributed by atoms with Crippen molar-refractivity contribution in [3.8, 4) is 11.8 Å². The molecule has 1 aliphatic heterocycles. The van der Waals surface area contributed by atoms with Crippen LogP contribution in [0.2, 0.25) is 5.02 Å². The van der Waals surface area contributed by atoms with E-state index in [1.165, 1.54) is 0 Å². The normalized spacial score (nSPS) is 20.1. The minimum atomic E-state index is 0.180. The minimum absolute atomic E-state index is 0.180. The number of piperidine rings is 1. The maximum atomic E-state index is 8.71. The molecular weight excluding hydrogens is 224 g/mol. The van der Waals surface area contributed by atoms with Crippen LogP contribution < -0.4 is 10.1 Å². The Hall–Kier alpha value is -1.24. The first-order valence-electron chi connectivity index (χ1n) is 5.36. The summed E-state index contributed by atoms with van der Waals surface area (Å²) in [4.78, 5) is 0. The Labute approximate surface area is 100.0 Å². The van der Waals surface area contributed by atoms with Crippen LogP contribution in [0.3, 0.4) is 0 Å². The Kier molecular flexibility index (Phi) is 3.66. The lowest BCUT2D eigenvalue weighted by Gasteiger charge is -2.24. The molecule has 1 N–H and O–H groups in total. The van der Waals surface area contributed by atoms with Crippen LogP contribution in [0.25, 0.3) is 0 Å². The first-order chi connectivity index (χ1) is 7.79. The summed E-state index contributed by atoms with van der Waals surface area (Å²) in [7, 11) is 0. The fourth-order valence-corrected chi connectivity index (χ4v) is 1.99. The predicted molar refractivity (Wildman–Crippen MR) is 62.7 cm³/mol. The maximum Gasteiger partial charge on any atom is 0.138 e. The molecule has 0 saturated carbocycles. The minimum Gasteiger partial charge on any atom is -0.488 e. The number of benzene rings is 1. The van der Waals surface area contributed by atoms with Crippen molar-refractivity contribution in [3.63, 3.8) is 0 Å². The Morgan fingerprint density at radius 1 is 1.50 bits per heavy atom. The Morgan fingerprint density at radius 3 is 3.00 bits per heavy atom. The predicted octanol–water partition coefficient (Wildman–Crippen LogP) is 2.34. The van der Waals surface area contributed by atoms with Gasteiger partial charge in [0, 0.05) is 6.54 Å². The molecule has 1 fully saturated rings. The molecule has 0 spiro atoms. The summed E-state index contributed by atoms with van der Waals surface area (Å²) in [6, 6.07) is 7.16. The smallest absolute Gasteiger partial charge is 0.138 e. The highest BCUT2D eigenvalue weighted by Gasteiger charge is 2.15. The summed E-state index contributed by atoms with van der Waals surface area (Å²) in [5, 5.41) is 12.5. The third-order valence-electron chi connectivity index (χ3n) is 2.61. The average Bonchev–Trinajstić information content (AvgIpc) is 2.33. The molecule has 0 amide bonds. The van der Waals surface area contributed by atoms with E-state index in [-0.39, 0.29) is 6.10 Å². The number of rotatable bonds is 2. The number of nitrogens with zero attached hydrogens (tertiary/aromatic N) is 1. The number of halogens is 1. The largest absolute Gasteiger partial charge is 0.488 e. The van der Waals surface area contributed by atoms with Crippen molar-refractivity contribution in [1.29, 1.82) is 5.26 Å². The monoisotopic (exact) mass is 236 g/mol. The third kappa shape index (κ3) is 2.66. The van der Waals surface area contributed by atoms with E-state index in [2.05, 4.69) is 5.32 Å². The van der Waals surface area contributed by atoms with E-state index in [4.69, 9.17) is 21.6 Å². The van der Waals surface area contributed by atoms with E-state index in [9.17, 15) is 0 Å². The van der Waals surface area contributed by atoms with Crippen molar-refractivity contribution >= 4 is 11.6 Å². The van der Waals surface area contributed by atoms with Gasteiger partial charge in [-0.1, -0.05) is 11.6 Å². The quantitative estimate of drug-likeness (QED) is 0.857. The van der Waals surface area contributed by atoms with E-state index in [1.807, 2.05) is 6.07 Å². The highest BCUT2D eigenvalue weighted by Crippen LogP contribution is 2.27. The van der Waals surface area contributed by atoms with Crippen LogP contribution in [-0.2, 0) is 0 Å². The van der Waals surface area contributed by atoms with Crippen molar-refractivity contribution in [1.82, 2.24) is 5.32 Å². The molecule has 1 aliphatic rings. The van der Waals surface area contributed by atoms with Gasteiger partial charge in [-0.3, -0.25) is 0 Å². The second kappa shape index (κ2) is 5.20. The zero-order valence-corrected chi connectivity index (χ0v) is 9.63. The number of ether oxygens (including phenoxy) is 1. The summed E-state index contributed by atoms with van der Waals surface area (Å²) in [6.07, 6.45) is 2.35. The van der Waals surface area contributed by atoms with Crippen LogP contribution >= 0.6 is 11.6 Å². The molecule has 3 nitrogen and oxygen atoms in total. The first kappa shape index (κ1) is 11.3. The van der Waals surface area contributed by atoms with Crippen LogP contribution in [0, 0.1) is 11.3 Å². The molecule has 4 heteroatoms. The third-order valence-corrected chi connectivity index (χ3v) is 2.90. The topological polar surface area (TPSA) is 45.0 Å². The van der Waals surface area contributed by atoms with Gasteiger partial charge in [0.1, 0.15) is 11.9 Å². The van der Waals surface area contributed by atoms with Crippen molar-refractivity contribution in [2.24, 2.45) is 0 Å². The number of hydrogen-bond donors (Lipinski definition) is 1. The van der Waals surface area contributed by atoms with E-state index < -0.39 is 0 Å². The highest BCUT2D eigenvalue weighted by atomic mass is 35.5. The highest BCUT2D eigenvalue weighted by molar-refractivity contribution is 6.32. The summed E-state index contributed by atoms with van der Waals surface area (Å²) >= 11 is 6.03. The average molecular weight is 237 g/mol. The number of nitriles is 1. The van der Waals surface area contributed by atoms with Crippen LogP contribution in [-0.4, -0.2) is 19.2 Å². The summed E-state index contributed by atoms with van der Waals surface area (Å²) in [5.74, 6) is 0.661. The molecular formula is C12H13ClN2O. The molecule has 1 aromatic carbocycles. The summed E-state index contributed by atoms with van der Waals surface area (Å²) < 4.78 is 5.78. The lowest BCUT2D eigenvalue weighted by molar-refractivity contribution is 0.167. The molecule has 0 aromatic heterocycles. The van der Waals surface area contributed by atoms with E-state index in [0.29, 0.717) is 16.3 Å². The standard InChI is InChI=1S/C12H13ClN2O/c13-11-6-9(7-14)3-4-12(11)16-10-2-1-5-15-8-10/h3-4,6,10,15H,1-2,5,8H2/t10-/m0/s1. The second-order valence-electron chi connectivity index (χ2n) is 3.84. The van der Waals surface area contributed by atoms with Crippen LogP contribution in [0.1, 0.15) is 18.4 Å². The van der Waals surface area contributed by atoms with Gasteiger partial charge in [-0.2, -0.15) is 5.26 Å². The molecule has 0 aliphatic carbocycles. The van der Waals surface area contributed by atoms with E-state index in [0.717, 1.165) is 25.9 Å². The zero-order chi connectivity index (χ0) is 11.4. The van der Waals surface area contributed by atoms with Crippen LogP contribution in [0.5, 0.6) is 5.75 Å². The zero-order valence-electron chi connectivity index (χ0n) is 8.87. The van der Waals surface area contributed by atoms with Gasteiger partial charge >= 0.3 is 0 Å². The lowest BCUT2D eigenvalue weighted by atomic mass is 10.1. The molecule has 84 valence electrons. The van der Waals surface area contributed by atoms with E-state index in [1.54, 1.807) is 18.2 Å².